The topological polar surface area (TPSA) is 216 Å². The summed E-state index contributed by atoms with van der Waals surface area (Å²) in [6.45, 7) is 12.2. The fraction of sp³-hybridized carbons (Fsp3) is 0.302. The molecule has 5 heterocycles. The smallest absolute Gasteiger partial charge is 0.355 e. The second-order valence-electron chi connectivity index (χ2n) is 21.8. The number of nitrogens with one attached hydrogen (secondary N) is 3. The Bertz CT molecular complexity index is 3630. The van der Waals surface area contributed by atoms with Crippen molar-refractivity contribution in [2.45, 2.75) is 104 Å². The van der Waals surface area contributed by atoms with Gasteiger partial charge in [-0.25, -0.2) is 19.7 Å². The van der Waals surface area contributed by atoms with Crippen LogP contribution in [0.3, 0.4) is 0 Å². The van der Waals surface area contributed by atoms with E-state index in [2.05, 4.69) is 25.9 Å². The number of carboxylic acids is 1. The van der Waals surface area contributed by atoms with E-state index in [4.69, 9.17) is 9.72 Å². The molecule has 416 valence electrons. The van der Waals surface area contributed by atoms with Crippen LogP contribution in [-0.4, -0.2) is 90.9 Å². The van der Waals surface area contributed by atoms with Crippen LogP contribution in [0.2, 0.25) is 0 Å². The zero-order valence-corrected chi connectivity index (χ0v) is 47.6. The molecule has 0 spiro atoms. The van der Waals surface area contributed by atoms with Crippen LogP contribution < -0.4 is 25.6 Å². The van der Waals surface area contributed by atoms with Crippen LogP contribution in [0.5, 0.6) is 11.5 Å². The maximum Gasteiger partial charge on any atom is 0.355 e. The number of para-hydroxylation sites is 1. The van der Waals surface area contributed by atoms with E-state index < -0.39 is 35.5 Å². The van der Waals surface area contributed by atoms with E-state index >= 15 is 0 Å². The van der Waals surface area contributed by atoms with Crippen molar-refractivity contribution in [2.75, 3.05) is 23.3 Å². The Kier molecular flexibility index (Phi) is 16.4. The number of likely N-dealkylation sites (tertiary alicyclic amines) is 1. The number of amides is 4. The minimum absolute atomic E-state index is 0.0197. The standard InChI is InChI=1S/C63H64N8O8S2/c1-36-45(46-28-29-53(67-55(46)61(77)78)70-31-30-41-13-10-15-47(48(41)34-70)58(74)69-62-66-49-16-7-8-18-52(49)81-62)14-11-17-51(36)79-44-26-20-39(21-27-44)12-9-19-54(73)68-57(63(4,5)6)60(76)71-33-43(72)32-50(71)59(75)65-37(2)40-22-24-42(25-23-40)56-38(3)64-35-80-56/h7-8,10-11,13-18,20-29,35,37,43,50,57,72H,9,12,19,30-34H2,1-6H3,(H,65,75)(H,68,73)(H,77,78)(H,66,69,74)/t37-,43+,50-,57?/m0/s1. The van der Waals surface area contributed by atoms with Crippen molar-refractivity contribution in [3.05, 3.63) is 172 Å². The van der Waals surface area contributed by atoms with Gasteiger partial charge >= 0.3 is 5.97 Å². The number of ether oxygens (including phenoxy) is 1. The Hall–Kier alpha value is -8.32. The quantitative estimate of drug-likeness (QED) is 0.0576. The fourth-order valence-electron chi connectivity index (χ4n) is 10.7. The van der Waals surface area contributed by atoms with E-state index in [0.29, 0.717) is 71.5 Å². The number of β-amino-alcohol motifs (C(OH)–C–C–N with tert-alkyl or cyclic N) is 1. The van der Waals surface area contributed by atoms with Crippen LogP contribution in [-0.2, 0) is 33.8 Å². The highest BCUT2D eigenvalue weighted by Crippen LogP contribution is 2.37. The molecule has 1 saturated heterocycles. The largest absolute Gasteiger partial charge is 0.476 e. The van der Waals surface area contributed by atoms with Crippen molar-refractivity contribution in [2.24, 2.45) is 5.41 Å². The molecule has 81 heavy (non-hydrogen) atoms. The van der Waals surface area contributed by atoms with Crippen LogP contribution in [0.4, 0.5) is 10.9 Å². The fourth-order valence-corrected chi connectivity index (χ4v) is 12.3. The summed E-state index contributed by atoms with van der Waals surface area (Å²) < 4.78 is 7.35. The van der Waals surface area contributed by atoms with Gasteiger partial charge in [0.05, 0.1) is 38.4 Å². The van der Waals surface area contributed by atoms with E-state index in [1.54, 1.807) is 23.5 Å². The number of thiazole rings is 2. The Morgan fingerprint density at radius 2 is 1.62 bits per heavy atom. The second-order valence-corrected chi connectivity index (χ2v) is 23.7. The lowest BCUT2D eigenvalue weighted by molar-refractivity contribution is -0.144. The highest BCUT2D eigenvalue weighted by atomic mass is 32.1. The number of aromatic carboxylic acids is 1. The third-order valence-electron chi connectivity index (χ3n) is 15.1. The van der Waals surface area contributed by atoms with Gasteiger partial charge in [0, 0.05) is 43.6 Å². The average Bonchev–Trinajstić information content (AvgIpc) is 4.26. The monoisotopic (exact) mass is 1120 g/mol. The first-order valence-corrected chi connectivity index (χ1v) is 28.8. The third-order valence-corrected chi connectivity index (χ3v) is 17.0. The van der Waals surface area contributed by atoms with Gasteiger partial charge in [-0.05, 0) is 133 Å². The molecule has 8 aromatic rings. The van der Waals surface area contributed by atoms with E-state index in [9.17, 15) is 34.2 Å². The number of carbonyl (C=O) groups is 5. The maximum atomic E-state index is 14.3. The summed E-state index contributed by atoms with van der Waals surface area (Å²) in [5, 5.41) is 30.8. The van der Waals surface area contributed by atoms with Gasteiger partial charge in [0.25, 0.3) is 5.91 Å². The molecule has 0 aliphatic carbocycles. The highest BCUT2D eigenvalue weighted by molar-refractivity contribution is 7.22. The maximum absolute atomic E-state index is 14.3. The molecule has 3 aromatic heterocycles. The average molecular weight is 1130 g/mol. The lowest BCUT2D eigenvalue weighted by atomic mass is 9.85. The van der Waals surface area contributed by atoms with Crippen LogP contribution >= 0.6 is 22.7 Å². The Morgan fingerprint density at radius 1 is 0.852 bits per heavy atom. The number of aryl methyl sites for hydroxylation is 2. The molecule has 0 bridgehead atoms. The number of anilines is 2. The summed E-state index contributed by atoms with van der Waals surface area (Å²) in [7, 11) is 0. The van der Waals surface area contributed by atoms with Crippen molar-refractivity contribution in [1.82, 2.24) is 30.5 Å². The number of aromatic nitrogens is 3. The Labute approximate surface area is 478 Å². The molecule has 0 radical (unpaired) electrons. The van der Waals surface area contributed by atoms with Crippen molar-refractivity contribution in [3.8, 4) is 33.1 Å². The second kappa shape index (κ2) is 23.8. The minimum Gasteiger partial charge on any atom is -0.476 e. The number of hydrogen-bond acceptors (Lipinski definition) is 13. The molecule has 10 rings (SSSR count). The zero-order chi connectivity index (χ0) is 57.1. The normalized spacial score (nSPS) is 15.9. The van der Waals surface area contributed by atoms with E-state index in [-0.39, 0.29) is 48.8 Å². The lowest BCUT2D eigenvalue weighted by Crippen LogP contribution is -2.57. The Morgan fingerprint density at radius 3 is 2.35 bits per heavy atom. The summed E-state index contributed by atoms with van der Waals surface area (Å²) in [5.41, 5.74) is 9.95. The number of carboxylic acid groups (broad SMARTS) is 1. The molecule has 5 aromatic carbocycles. The van der Waals surface area contributed by atoms with Gasteiger partial charge in [-0.2, -0.15) is 0 Å². The van der Waals surface area contributed by atoms with Crippen molar-refractivity contribution in [3.63, 3.8) is 0 Å². The first kappa shape index (κ1) is 56.0. The van der Waals surface area contributed by atoms with E-state index in [0.717, 1.165) is 54.2 Å². The van der Waals surface area contributed by atoms with Gasteiger partial charge in [0.15, 0.2) is 10.8 Å². The van der Waals surface area contributed by atoms with Crippen molar-refractivity contribution >= 4 is 73.4 Å². The number of pyridine rings is 1. The number of aliphatic hydroxyl groups is 1. The van der Waals surface area contributed by atoms with E-state index in [1.807, 2.05) is 161 Å². The predicted octanol–water partition coefficient (Wildman–Crippen LogP) is 11.1. The number of fused-ring (bicyclic) bond motifs is 2. The molecule has 0 saturated carbocycles. The molecule has 1 fully saturated rings. The van der Waals surface area contributed by atoms with Crippen LogP contribution in [0.15, 0.2) is 127 Å². The number of hydrogen-bond donors (Lipinski definition) is 5. The van der Waals surface area contributed by atoms with E-state index in [1.165, 1.54) is 16.2 Å². The molecular formula is C63H64N8O8S2. The number of carbonyl (C=O) groups excluding carboxylic acids is 4. The molecule has 2 aliphatic heterocycles. The van der Waals surface area contributed by atoms with Crippen molar-refractivity contribution < 1.29 is 38.9 Å². The van der Waals surface area contributed by atoms with Gasteiger partial charge in [-0.3, -0.25) is 24.5 Å². The van der Waals surface area contributed by atoms with Gasteiger partial charge in [-0.15, -0.1) is 11.3 Å². The molecule has 2 aliphatic rings. The van der Waals surface area contributed by atoms with Crippen LogP contribution in [0.1, 0.15) is 107 Å². The van der Waals surface area contributed by atoms with Crippen LogP contribution in [0, 0.1) is 19.3 Å². The SMILES string of the molecule is Cc1ncsc1-c1ccc([C@H](C)NC(=O)[C@@H]2C[C@@H](O)CN2C(=O)C(NC(=O)CCCc2ccc(Oc3cccc(-c4ccc(N5CCc6cccc(C(=O)Nc7nc8ccccc8s7)c6C5)nc4C(=O)O)c3C)cc2)C(C)(C)C)cc1. The molecule has 16 nitrogen and oxygen atoms in total. The first-order valence-electron chi connectivity index (χ1n) is 27.1. The van der Waals surface area contributed by atoms with Crippen LogP contribution in [0.25, 0.3) is 31.8 Å². The minimum atomic E-state index is -1.17. The first-order chi connectivity index (χ1) is 38.9. The highest BCUT2D eigenvalue weighted by Gasteiger charge is 2.45. The van der Waals surface area contributed by atoms with Gasteiger partial charge in [0.2, 0.25) is 17.7 Å². The molecule has 4 amide bonds. The number of nitrogens with zero attached hydrogens (tertiary/aromatic N) is 5. The predicted molar refractivity (Wildman–Crippen MR) is 316 cm³/mol. The summed E-state index contributed by atoms with van der Waals surface area (Å²) in [6, 6.07) is 35.8. The number of rotatable bonds is 17. The van der Waals surface area contributed by atoms with Crippen molar-refractivity contribution in [1.29, 1.82) is 0 Å². The third kappa shape index (κ3) is 12.5. The molecule has 5 N–H and O–H groups in total. The molecule has 1 unspecified atom stereocenters. The molecule has 18 heteroatoms. The lowest BCUT2D eigenvalue weighted by Gasteiger charge is -2.35. The summed E-state index contributed by atoms with van der Waals surface area (Å²) in [5.74, 6) is -0.924. The molecular weight excluding hydrogens is 1060 g/mol. The number of benzene rings is 5. The number of aliphatic hydroxyl groups excluding tert-OH is 1. The zero-order valence-electron chi connectivity index (χ0n) is 46.0. The van der Waals surface area contributed by atoms with Gasteiger partial charge in [0.1, 0.15) is 29.4 Å². The molecule has 4 atom stereocenters. The van der Waals surface area contributed by atoms with Gasteiger partial charge < -0.3 is 35.4 Å². The summed E-state index contributed by atoms with van der Waals surface area (Å²) in [4.78, 5) is 86.3. The summed E-state index contributed by atoms with van der Waals surface area (Å²) >= 11 is 2.98. The Balaban J connectivity index is 0.736. The summed E-state index contributed by atoms with van der Waals surface area (Å²) in [6.07, 6.45) is 1.08. The van der Waals surface area contributed by atoms with Gasteiger partial charge in [-0.1, -0.05) is 105 Å².